The van der Waals surface area contributed by atoms with E-state index in [0.29, 0.717) is 13.2 Å². The predicted octanol–water partition coefficient (Wildman–Crippen LogP) is 0.0336. The summed E-state index contributed by atoms with van der Waals surface area (Å²) in [5.41, 5.74) is 2.01. The number of rotatable bonds is 4. The van der Waals surface area contributed by atoms with E-state index in [-0.39, 0.29) is 29.7 Å². The van der Waals surface area contributed by atoms with E-state index < -0.39 is 11.2 Å². The fraction of sp³-hybridized carbons (Fsp3) is 0.400. The molecule has 3 heterocycles. The fourth-order valence-electron chi connectivity index (χ4n) is 3.72. The van der Waals surface area contributed by atoms with Crippen molar-refractivity contribution in [2.45, 2.75) is 25.7 Å². The Morgan fingerprint density at radius 2 is 1.93 bits per heavy atom. The van der Waals surface area contributed by atoms with Gasteiger partial charge in [0.2, 0.25) is 5.91 Å². The summed E-state index contributed by atoms with van der Waals surface area (Å²) in [4.78, 5) is 43.1. The highest BCUT2D eigenvalue weighted by molar-refractivity contribution is 5.78. The third kappa shape index (κ3) is 3.38. The van der Waals surface area contributed by atoms with Crippen LogP contribution < -0.4 is 11.2 Å². The molecule has 2 aromatic heterocycles. The summed E-state index contributed by atoms with van der Waals surface area (Å²) in [6.45, 7) is 0.957. The van der Waals surface area contributed by atoms with Crippen molar-refractivity contribution in [3.05, 3.63) is 62.6 Å². The van der Waals surface area contributed by atoms with Crippen LogP contribution >= 0.6 is 0 Å². The summed E-state index contributed by atoms with van der Waals surface area (Å²) in [7, 11) is 4.68. The molecule has 0 fully saturated rings. The molecule has 0 unspecified atom stereocenters. The monoisotopic (exact) mass is 397 g/mol. The van der Waals surface area contributed by atoms with Gasteiger partial charge in [-0.25, -0.2) is 9.78 Å². The lowest BCUT2D eigenvalue weighted by Gasteiger charge is -2.29. The van der Waals surface area contributed by atoms with Crippen LogP contribution in [0.1, 0.15) is 11.1 Å². The summed E-state index contributed by atoms with van der Waals surface area (Å²) in [6, 6.07) is 8.14. The van der Waals surface area contributed by atoms with Crippen LogP contribution in [0.15, 0.2) is 40.2 Å². The topological polar surface area (TPSA) is 91.4 Å². The number of hydrogen-bond donors (Lipinski definition) is 0. The normalized spacial score (nSPS) is 16.0. The Balaban J connectivity index is 1.50. The number of carbonyl (C=O) groups is 1. The molecular formula is C20H23N5O4. The number of nitrogens with zero attached hydrogens (tertiary/aromatic N) is 5. The van der Waals surface area contributed by atoms with E-state index in [0.717, 1.165) is 11.0 Å². The lowest BCUT2D eigenvalue weighted by atomic mass is 9.99. The van der Waals surface area contributed by atoms with Gasteiger partial charge < -0.3 is 14.2 Å². The zero-order chi connectivity index (χ0) is 20.7. The summed E-state index contributed by atoms with van der Waals surface area (Å²) >= 11 is 0. The average molecular weight is 397 g/mol. The van der Waals surface area contributed by atoms with Crippen molar-refractivity contribution < 1.29 is 9.53 Å². The first-order valence-electron chi connectivity index (χ1n) is 9.40. The van der Waals surface area contributed by atoms with Gasteiger partial charge in [0.05, 0.1) is 19.0 Å². The molecule has 3 aromatic rings. The summed E-state index contributed by atoms with van der Waals surface area (Å²) in [6.07, 6.45) is 2.10. The summed E-state index contributed by atoms with van der Waals surface area (Å²) < 4.78 is 9.70. The van der Waals surface area contributed by atoms with Crippen LogP contribution in [-0.2, 0) is 43.2 Å². The summed E-state index contributed by atoms with van der Waals surface area (Å²) in [5, 5.41) is 0. The van der Waals surface area contributed by atoms with E-state index in [1.165, 1.54) is 33.6 Å². The van der Waals surface area contributed by atoms with Gasteiger partial charge in [-0.3, -0.25) is 18.7 Å². The Kier molecular flexibility index (Phi) is 4.83. The first kappa shape index (κ1) is 19.1. The van der Waals surface area contributed by atoms with Crippen LogP contribution in [0.4, 0.5) is 0 Å². The minimum absolute atomic E-state index is 0.0379. The number of aromatic nitrogens is 4. The number of aryl methyl sites for hydroxylation is 1. The van der Waals surface area contributed by atoms with Gasteiger partial charge in [-0.05, 0) is 11.1 Å². The largest absolute Gasteiger partial charge is 0.371 e. The van der Waals surface area contributed by atoms with Gasteiger partial charge in [-0.1, -0.05) is 24.3 Å². The predicted molar refractivity (Wildman–Crippen MR) is 107 cm³/mol. The molecule has 9 nitrogen and oxygen atoms in total. The Morgan fingerprint density at radius 3 is 2.69 bits per heavy atom. The Labute approximate surface area is 166 Å². The molecular weight excluding hydrogens is 374 g/mol. The molecule has 0 spiro atoms. The average Bonchev–Trinajstić information content (AvgIpc) is 3.14. The minimum Gasteiger partial charge on any atom is -0.371 e. The maximum absolute atomic E-state index is 12.8. The van der Waals surface area contributed by atoms with Crippen molar-refractivity contribution in [1.29, 1.82) is 0 Å². The van der Waals surface area contributed by atoms with Crippen LogP contribution in [0.25, 0.3) is 11.2 Å². The van der Waals surface area contributed by atoms with Crippen molar-refractivity contribution in [3.63, 3.8) is 0 Å². The highest BCUT2D eigenvalue weighted by atomic mass is 16.5. The Bertz CT molecular complexity index is 1210. The van der Waals surface area contributed by atoms with Crippen LogP contribution in [0, 0.1) is 0 Å². The summed E-state index contributed by atoms with van der Waals surface area (Å²) in [5.74, 6) is -0.164. The van der Waals surface area contributed by atoms with Gasteiger partial charge in [0.1, 0.15) is 6.54 Å². The molecule has 1 aromatic carbocycles. The molecule has 0 N–H and O–H groups in total. The molecule has 0 bridgehead atoms. The highest BCUT2D eigenvalue weighted by Crippen LogP contribution is 2.20. The van der Waals surface area contributed by atoms with Crippen LogP contribution in [0.5, 0.6) is 0 Å². The molecule has 1 amide bonds. The number of fused-ring (bicyclic) bond motifs is 2. The zero-order valence-electron chi connectivity index (χ0n) is 16.7. The number of likely N-dealkylation sites (N-methyl/N-ethyl adjacent to an activating group) is 1. The zero-order valence-corrected chi connectivity index (χ0v) is 16.7. The van der Waals surface area contributed by atoms with Crippen molar-refractivity contribution in [3.8, 4) is 0 Å². The molecule has 0 radical (unpaired) electrons. The second-order valence-corrected chi connectivity index (χ2v) is 7.43. The lowest BCUT2D eigenvalue weighted by molar-refractivity contribution is -0.132. The maximum atomic E-state index is 12.8. The number of ether oxygens (including phenoxy) is 1. The molecule has 0 aliphatic carbocycles. The van der Waals surface area contributed by atoms with Crippen molar-refractivity contribution >= 4 is 17.1 Å². The number of imidazole rings is 1. The second-order valence-electron chi connectivity index (χ2n) is 7.43. The van der Waals surface area contributed by atoms with E-state index in [1.807, 2.05) is 12.1 Å². The number of hydrogen-bond acceptors (Lipinski definition) is 5. The van der Waals surface area contributed by atoms with Crippen LogP contribution in [0.3, 0.4) is 0 Å². The third-order valence-electron chi connectivity index (χ3n) is 5.47. The molecule has 1 atom stereocenters. The smallest absolute Gasteiger partial charge is 0.332 e. The van der Waals surface area contributed by atoms with Gasteiger partial charge in [0, 0.05) is 34.1 Å². The lowest BCUT2D eigenvalue weighted by Crippen LogP contribution is -2.40. The third-order valence-corrected chi connectivity index (χ3v) is 5.47. The minimum atomic E-state index is -0.469. The van der Waals surface area contributed by atoms with E-state index in [2.05, 4.69) is 17.1 Å². The molecule has 152 valence electrons. The number of carbonyl (C=O) groups excluding carboxylic acids is 1. The maximum Gasteiger partial charge on any atom is 0.332 e. The molecule has 0 saturated carbocycles. The molecule has 1 aliphatic rings. The second kappa shape index (κ2) is 7.32. The van der Waals surface area contributed by atoms with E-state index in [9.17, 15) is 14.4 Å². The first-order chi connectivity index (χ1) is 13.9. The Hall–Kier alpha value is -3.20. The van der Waals surface area contributed by atoms with Gasteiger partial charge >= 0.3 is 5.69 Å². The quantitative estimate of drug-likeness (QED) is 0.620. The molecule has 1 aliphatic heterocycles. The van der Waals surface area contributed by atoms with Crippen LogP contribution in [0.2, 0.25) is 0 Å². The number of benzene rings is 1. The van der Waals surface area contributed by atoms with Gasteiger partial charge in [0.15, 0.2) is 11.2 Å². The van der Waals surface area contributed by atoms with E-state index in [1.54, 1.807) is 19.0 Å². The first-order valence-corrected chi connectivity index (χ1v) is 9.40. The molecule has 0 saturated heterocycles. The molecule has 29 heavy (non-hydrogen) atoms. The fourth-order valence-corrected chi connectivity index (χ4v) is 3.72. The molecule has 4 rings (SSSR count). The van der Waals surface area contributed by atoms with E-state index >= 15 is 0 Å². The SMILES string of the molecule is CN(C[C@H]1Cc2ccccc2CO1)C(=O)Cn1cnc2c1c(=O)n(C)c(=O)n2C. The van der Waals surface area contributed by atoms with Crippen LogP contribution in [-0.4, -0.2) is 49.2 Å². The van der Waals surface area contributed by atoms with Gasteiger partial charge in [0.25, 0.3) is 5.56 Å². The van der Waals surface area contributed by atoms with Gasteiger partial charge in [-0.15, -0.1) is 0 Å². The van der Waals surface area contributed by atoms with Crippen molar-refractivity contribution in [2.24, 2.45) is 14.1 Å². The standard InChI is InChI=1S/C20H23N5O4/c1-22(9-15-8-13-6-4-5-7-14(13)11-29-15)16(26)10-25-12-21-18-17(25)19(27)24(3)20(28)23(18)2/h4-7,12,15H,8-11H2,1-3H3/t15-/m1/s1. The highest BCUT2D eigenvalue weighted by Gasteiger charge is 2.23. The van der Waals surface area contributed by atoms with E-state index in [4.69, 9.17) is 4.74 Å². The molecule has 9 heteroatoms. The van der Waals surface area contributed by atoms with Crippen molar-refractivity contribution in [1.82, 2.24) is 23.6 Å². The number of amides is 1. The van der Waals surface area contributed by atoms with Gasteiger partial charge in [-0.2, -0.15) is 0 Å². The van der Waals surface area contributed by atoms with Crippen molar-refractivity contribution in [2.75, 3.05) is 13.6 Å². The Morgan fingerprint density at radius 1 is 1.21 bits per heavy atom.